The fourth-order valence-corrected chi connectivity index (χ4v) is 6.48. The van der Waals surface area contributed by atoms with Gasteiger partial charge in [0.25, 0.3) is 0 Å². The van der Waals surface area contributed by atoms with Crippen LogP contribution in [0.3, 0.4) is 0 Å². The van der Waals surface area contributed by atoms with Gasteiger partial charge in [-0.1, -0.05) is 19.1 Å². The summed E-state index contributed by atoms with van der Waals surface area (Å²) in [5, 5.41) is 7.15. The molecule has 0 amide bonds. The molecular formula is C35H37F2N3O4. The van der Waals surface area contributed by atoms with Crippen molar-refractivity contribution >= 4 is 27.6 Å². The molecule has 44 heavy (non-hydrogen) atoms. The second kappa shape index (κ2) is 12.8. The first-order valence-corrected chi connectivity index (χ1v) is 15.4. The van der Waals surface area contributed by atoms with Crippen molar-refractivity contribution in [2.24, 2.45) is 7.05 Å². The average Bonchev–Trinajstić information content (AvgIpc) is 3.48. The molecule has 9 heteroatoms. The molecule has 230 valence electrons. The Kier molecular flexibility index (Phi) is 8.66. The van der Waals surface area contributed by atoms with E-state index < -0.39 is 5.97 Å². The Labute approximate surface area is 255 Å². The lowest BCUT2D eigenvalue weighted by Crippen LogP contribution is -2.15. The van der Waals surface area contributed by atoms with Gasteiger partial charge in [-0.05, 0) is 86.4 Å². The van der Waals surface area contributed by atoms with Crippen molar-refractivity contribution in [3.8, 4) is 16.9 Å². The van der Waals surface area contributed by atoms with Crippen molar-refractivity contribution in [1.29, 1.82) is 0 Å². The molecule has 2 aromatic heterocycles. The lowest BCUT2D eigenvalue weighted by atomic mass is 9.96. The standard InChI is InChI=1S/C35H37F2N3O4/c1-4-29-32-28(38-39(29)3)21-42-18-7-6-17-40-33-26(15-16-27(37)31(32)33)25(34(40)35(41)43-5-2)11-9-19-44-30-12-8-10-22-20-23(36)13-14-24(22)30/h8,10,12-16,20H,4-7,9,11,17-19,21H2,1-3H3. The number of hydrogen-bond donors (Lipinski definition) is 0. The molecule has 0 atom stereocenters. The largest absolute Gasteiger partial charge is 0.493 e. The van der Waals surface area contributed by atoms with Crippen LogP contribution in [0.5, 0.6) is 5.75 Å². The molecule has 1 aliphatic heterocycles. The Bertz CT molecular complexity index is 1840. The predicted molar refractivity (Wildman–Crippen MR) is 166 cm³/mol. The highest BCUT2D eigenvalue weighted by Gasteiger charge is 2.30. The summed E-state index contributed by atoms with van der Waals surface area (Å²) in [6.45, 7) is 5.77. The zero-order chi connectivity index (χ0) is 30.8. The third-order valence-electron chi connectivity index (χ3n) is 8.36. The molecule has 0 spiro atoms. The van der Waals surface area contributed by atoms with Crippen molar-refractivity contribution in [2.45, 2.75) is 59.1 Å². The molecule has 1 aliphatic rings. The van der Waals surface area contributed by atoms with Crippen molar-refractivity contribution in [3.05, 3.63) is 82.8 Å². The summed E-state index contributed by atoms with van der Waals surface area (Å²) < 4.78 is 51.3. The smallest absolute Gasteiger partial charge is 0.355 e. The predicted octanol–water partition coefficient (Wildman–Crippen LogP) is 7.53. The van der Waals surface area contributed by atoms with E-state index in [9.17, 15) is 9.18 Å². The molecule has 0 saturated heterocycles. The van der Waals surface area contributed by atoms with E-state index in [1.807, 2.05) is 36.7 Å². The minimum Gasteiger partial charge on any atom is -0.493 e. The monoisotopic (exact) mass is 601 g/mol. The molecule has 0 unspecified atom stereocenters. The maximum atomic E-state index is 16.1. The normalized spacial score (nSPS) is 13.6. The third kappa shape index (κ3) is 5.45. The van der Waals surface area contributed by atoms with E-state index in [2.05, 4.69) is 0 Å². The highest BCUT2D eigenvalue weighted by atomic mass is 19.1. The van der Waals surface area contributed by atoms with E-state index in [1.165, 1.54) is 18.2 Å². The fraction of sp³-hybridized carbons (Fsp3) is 0.371. The van der Waals surface area contributed by atoms with Crippen LogP contribution < -0.4 is 4.74 Å². The summed E-state index contributed by atoms with van der Waals surface area (Å²) in [5.74, 6) is -0.406. The SMILES string of the molecule is CCOC(=O)c1c(CCCOc2cccc3cc(F)ccc23)c2ccc(F)c3c2n1CCCCOCc1nn(C)c(CC)c1-3. The number of hydrogen-bond acceptors (Lipinski definition) is 5. The van der Waals surface area contributed by atoms with Crippen LogP contribution in [-0.4, -0.2) is 40.1 Å². The second-order valence-corrected chi connectivity index (χ2v) is 11.1. The number of halogens is 2. The molecule has 7 nitrogen and oxygen atoms in total. The molecule has 0 saturated carbocycles. The number of nitrogens with zero attached hydrogens (tertiary/aromatic N) is 3. The third-order valence-corrected chi connectivity index (χ3v) is 8.36. The lowest BCUT2D eigenvalue weighted by molar-refractivity contribution is 0.0512. The summed E-state index contributed by atoms with van der Waals surface area (Å²) in [6.07, 6.45) is 3.31. The van der Waals surface area contributed by atoms with Crippen LogP contribution in [0.1, 0.15) is 60.5 Å². The van der Waals surface area contributed by atoms with Crippen LogP contribution >= 0.6 is 0 Å². The van der Waals surface area contributed by atoms with Crippen molar-refractivity contribution < 1.29 is 27.8 Å². The average molecular weight is 602 g/mol. The second-order valence-electron chi connectivity index (χ2n) is 11.1. The number of aromatic nitrogens is 3. The van der Waals surface area contributed by atoms with Gasteiger partial charge in [0.2, 0.25) is 0 Å². The molecular weight excluding hydrogens is 564 g/mol. The summed E-state index contributed by atoms with van der Waals surface area (Å²) in [7, 11) is 1.87. The number of fused-ring (bicyclic) bond motifs is 3. The van der Waals surface area contributed by atoms with Gasteiger partial charge < -0.3 is 18.8 Å². The maximum absolute atomic E-state index is 16.1. The van der Waals surface area contributed by atoms with Crippen LogP contribution in [0, 0.1) is 11.6 Å². The molecule has 0 radical (unpaired) electrons. The zero-order valence-corrected chi connectivity index (χ0v) is 25.4. The molecule has 0 N–H and O–H groups in total. The molecule has 3 heterocycles. The molecule has 0 bridgehead atoms. The van der Waals surface area contributed by atoms with Crippen molar-refractivity contribution in [3.63, 3.8) is 0 Å². The Balaban J connectivity index is 1.45. The van der Waals surface area contributed by atoms with Crippen LogP contribution in [-0.2, 0) is 42.5 Å². The van der Waals surface area contributed by atoms with E-state index in [-0.39, 0.29) is 24.8 Å². The van der Waals surface area contributed by atoms with Crippen LogP contribution in [0.25, 0.3) is 32.8 Å². The number of ether oxygens (including phenoxy) is 3. The summed E-state index contributed by atoms with van der Waals surface area (Å²) in [6, 6.07) is 13.5. The van der Waals surface area contributed by atoms with Gasteiger partial charge in [-0.25, -0.2) is 13.6 Å². The van der Waals surface area contributed by atoms with E-state index in [4.69, 9.17) is 19.3 Å². The Hall–Kier alpha value is -4.24. The summed E-state index contributed by atoms with van der Waals surface area (Å²) in [5.41, 5.74) is 4.74. The minimum atomic E-state index is -0.421. The maximum Gasteiger partial charge on any atom is 0.355 e. The van der Waals surface area contributed by atoms with Gasteiger partial charge in [-0.3, -0.25) is 4.68 Å². The van der Waals surface area contributed by atoms with Gasteiger partial charge in [0.05, 0.1) is 31.0 Å². The number of rotatable bonds is 8. The first kappa shape index (κ1) is 29.8. The van der Waals surface area contributed by atoms with Crippen molar-refractivity contribution in [1.82, 2.24) is 14.3 Å². The highest BCUT2D eigenvalue weighted by molar-refractivity contribution is 6.05. The van der Waals surface area contributed by atoms with E-state index in [1.54, 1.807) is 23.7 Å². The van der Waals surface area contributed by atoms with Crippen LogP contribution in [0.15, 0.2) is 48.5 Å². The Morgan fingerprint density at radius 1 is 1.05 bits per heavy atom. The lowest BCUT2D eigenvalue weighted by Gasteiger charge is -2.14. The van der Waals surface area contributed by atoms with Gasteiger partial charge in [-0.2, -0.15) is 5.10 Å². The quantitative estimate of drug-likeness (QED) is 0.136. The zero-order valence-electron chi connectivity index (χ0n) is 25.4. The Morgan fingerprint density at radius 2 is 1.89 bits per heavy atom. The Morgan fingerprint density at radius 3 is 2.70 bits per heavy atom. The first-order valence-electron chi connectivity index (χ1n) is 15.4. The fourth-order valence-electron chi connectivity index (χ4n) is 6.48. The highest BCUT2D eigenvalue weighted by Crippen LogP contribution is 2.41. The van der Waals surface area contributed by atoms with Crippen molar-refractivity contribution in [2.75, 3.05) is 19.8 Å². The number of aryl methyl sites for hydroxylation is 3. The number of carbonyl (C=O) groups excluding carboxylic acids is 1. The molecule has 0 fully saturated rings. The molecule has 0 aliphatic carbocycles. The number of benzene rings is 3. The minimum absolute atomic E-state index is 0.229. The molecule has 5 aromatic rings. The van der Waals surface area contributed by atoms with Crippen LogP contribution in [0.4, 0.5) is 8.78 Å². The van der Waals surface area contributed by atoms with E-state index >= 15 is 4.39 Å². The van der Waals surface area contributed by atoms with Gasteiger partial charge in [-0.15, -0.1) is 0 Å². The van der Waals surface area contributed by atoms with Gasteiger partial charge in [0.1, 0.15) is 23.1 Å². The van der Waals surface area contributed by atoms with Crippen LogP contribution in [0.2, 0.25) is 0 Å². The number of carbonyl (C=O) groups is 1. The molecule has 6 rings (SSSR count). The summed E-state index contributed by atoms with van der Waals surface area (Å²) in [4.78, 5) is 13.6. The molecule has 3 aromatic carbocycles. The summed E-state index contributed by atoms with van der Waals surface area (Å²) >= 11 is 0. The topological polar surface area (TPSA) is 67.5 Å². The van der Waals surface area contributed by atoms with Gasteiger partial charge >= 0.3 is 5.97 Å². The van der Waals surface area contributed by atoms with Gasteiger partial charge in [0.15, 0.2) is 0 Å². The number of esters is 1. The first-order chi connectivity index (χ1) is 21.4. The van der Waals surface area contributed by atoms with E-state index in [0.717, 1.165) is 45.8 Å². The van der Waals surface area contributed by atoms with Gasteiger partial charge in [0, 0.05) is 47.8 Å². The van der Waals surface area contributed by atoms with E-state index in [0.29, 0.717) is 67.2 Å².